The van der Waals surface area contributed by atoms with E-state index in [1.807, 2.05) is 54.6 Å². The number of rotatable bonds is 7. The summed E-state index contributed by atoms with van der Waals surface area (Å²) in [5.74, 6) is 0.787. The Morgan fingerprint density at radius 2 is 1.79 bits per heavy atom. The largest absolute Gasteiger partial charge is 1.00 e. The second kappa shape index (κ2) is 12.6. The Morgan fingerprint density at radius 3 is 2.45 bits per heavy atom. The third kappa shape index (κ3) is 7.07. The number of amides is 1. The van der Waals surface area contributed by atoms with Gasteiger partial charge in [0.25, 0.3) is 5.91 Å². The van der Waals surface area contributed by atoms with E-state index in [-0.39, 0.29) is 18.3 Å². The molecule has 4 rings (SSSR count). The molecule has 2 aliphatic heterocycles. The smallest absolute Gasteiger partial charge is 0.266 e. The number of hydrogen-bond acceptors (Lipinski definition) is 6. The summed E-state index contributed by atoms with van der Waals surface area (Å²) in [5.41, 5.74) is 1.78. The molecule has 0 saturated carbocycles. The van der Waals surface area contributed by atoms with Crippen molar-refractivity contribution in [1.29, 1.82) is 0 Å². The molecule has 2 aromatic carbocycles. The fraction of sp³-hybridized carbons (Fsp3) is 0.333. The molecule has 0 aliphatic carbocycles. The van der Waals surface area contributed by atoms with Crippen molar-refractivity contribution in [3.63, 3.8) is 0 Å². The lowest BCUT2D eigenvalue weighted by Gasteiger charge is -2.27. The minimum absolute atomic E-state index is 0. The van der Waals surface area contributed by atoms with Gasteiger partial charge in [-0.3, -0.25) is 14.6 Å². The second-order valence-electron chi connectivity index (χ2n) is 7.52. The lowest BCUT2D eigenvalue weighted by Crippen LogP contribution is -3.00. The molecule has 2 heterocycles. The van der Waals surface area contributed by atoms with E-state index in [0.29, 0.717) is 16.6 Å². The maximum absolute atomic E-state index is 13.3. The van der Waals surface area contributed by atoms with Crippen molar-refractivity contribution in [2.75, 3.05) is 46.5 Å². The van der Waals surface area contributed by atoms with Crippen LogP contribution in [0.4, 0.5) is 5.69 Å². The number of amidine groups is 1. The lowest BCUT2D eigenvalue weighted by atomic mass is 10.2. The number of methoxy groups -OCH3 is 1. The van der Waals surface area contributed by atoms with Gasteiger partial charge >= 0.3 is 0 Å². The predicted octanol–water partition coefficient (Wildman–Crippen LogP) is 1.79. The van der Waals surface area contributed by atoms with Gasteiger partial charge in [-0.1, -0.05) is 28.1 Å². The molecule has 176 valence electrons. The van der Waals surface area contributed by atoms with Crippen LogP contribution in [0.25, 0.3) is 6.08 Å². The lowest BCUT2D eigenvalue weighted by molar-refractivity contribution is -0.122. The van der Waals surface area contributed by atoms with Gasteiger partial charge < -0.3 is 21.9 Å². The first-order valence-corrected chi connectivity index (χ1v) is 12.2. The summed E-state index contributed by atoms with van der Waals surface area (Å²) >= 11 is 4.88. The highest BCUT2D eigenvalue weighted by Gasteiger charge is 2.33. The van der Waals surface area contributed by atoms with E-state index < -0.39 is 0 Å². The van der Waals surface area contributed by atoms with Gasteiger partial charge in [0.05, 0.1) is 30.9 Å². The number of carbonyl (C=O) groups excluding carboxylic acids is 1. The molecule has 0 aromatic heterocycles. The van der Waals surface area contributed by atoms with E-state index in [0.717, 1.165) is 60.7 Å². The van der Waals surface area contributed by atoms with Crippen LogP contribution in [0.5, 0.6) is 5.75 Å². The Labute approximate surface area is 213 Å². The SMILES string of the molecule is COc1ccc(N=C2S/C(=C\c3ccc(Br)cc3)C(=O)N2CCCN2CCOCC2)cc1.[Cl-]. The van der Waals surface area contributed by atoms with Gasteiger partial charge in [-0.15, -0.1) is 0 Å². The number of morpholine rings is 1. The molecule has 0 spiro atoms. The molecule has 2 aromatic rings. The number of carbonyl (C=O) groups is 1. The van der Waals surface area contributed by atoms with Gasteiger partial charge in [0, 0.05) is 30.7 Å². The van der Waals surface area contributed by atoms with E-state index >= 15 is 0 Å². The quantitative estimate of drug-likeness (QED) is 0.491. The normalized spacial score (nSPS) is 19.2. The number of benzene rings is 2. The molecule has 0 radical (unpaired) electrons. The van der Waals surface area contributed by atoms with Gasteiger partial charge in [0.2, 0.25) is 0 Å². The first-order valence-electron chi connectivity index (χ1n) is 10.6. The van der Waals surface area contributed by atoms with Crippen LogP contribution < -0.4 is 17.1 Å². The summed E-state index contributed by atoms with van der Waals surface area (Å²) in [4.78, 5) is 22.9. The van der Waals surface area contributed by atoms with Crippen LogP contribution in [-0.4, -0.2) is 67.4 Å². The maximum atomic E-state index is 13.3. The summed E-state index contributed by atoms with van der Waals surface area (Å²) in [6.07, 6.45) is 2.82. The van der Waals surface area contributed by atoms with Crippen LogP contribution in [0.2, 0.25) is 0 Å². The van der Waals surface area contributed by atoms with Crippen molar-refractivity contribution in [3.05, 3.63) is 63.5 Å². The zero-order valence-corrected chi connectivity index (χ0v) is 21.5. The molecule has 6 nitrogen and oxygen atoms in total. The van der Waals surface area contributed by atoms with Crippen molar-refractivity contribution in [1.82, 2.24) is 9.80 Å². The van der Waals surface area contributed by atoms with Crippen molar-refractivity contribution >= 4 is 50.5 Å². The predicted molar refractivity (Wildman–Crippen MR) is 133 cm³/mol. The molecule has 33 heavy (non-hydrogen) atoms. The van der Waals surface area contributed by atoms with Crippen LogP contribution in [-0.2, 0) is 9.53 Å². The Balaban J connectivity index is 0.00000306. The van der Waals surface area contributed by atoms with E-state index in [9.17, 15) is 4.79 Å². The minimum Gasteiger partial charge on any atom is -1.00 e. The Kier molecular flexibility index (Phi) is 9.82. The Bertz CT molecular complexity index is 993. The molecule has 1 amide bonds. The number of halogens is 2. The van der Waals surface area contributed by atoms with Crippen LogP contribution >= 0.6 is 27.7 Å². The summed E-state index contributed by atoms with van der Waals surface area (Å²) in [5, 5.41) is 0.713. The molecule has 9 heteroatoms. The summed E-state index contributed by atoms with van der Waals surface area (Å²) in [6.45, 7) is 5.04. The molecule has 0 N–H and O–H groups in total. The Morgan fingerprint density at radius 1 is 1.09 bits per heavy atom. The van der Waals surface area contributed by atoms with Gasteiger partial charge in [-0.25, -0.2) is 4.99 Å². The minimum atomic E-state index is 0. The molecule has 0 bridgehead atoms. The highest BCUT2D eigenvalue weighted by atomic mass is 79.9. The van der Waals surface area contributed by atoms with Crippen molar-refractivity contribution in [2.24, 2.45) is 4.99 Å². The van der Waals surface area contributed by atoms with Crippen LogP contribution in [0, 0.1) is 0 Å². The second-order valence-corrected chi connectivity index (χ2v) is 9.44. The number of ether oxygens (including phenoxy) is 2. The van der Waals surface area contributed by atoms with Crippen LogP contribution in [0.15, 0.2) is 62.9 Å². The zero-order valence-electron chi connectivity index (χ0n) is 18.4. The zero-order chi connectivity index (χ0) is 22.3. The number of hydrogen-bond donors (Lipinski definition) is 0. The van der Waals surface area contributed by atoms with Gasteiger partial charge in [0.1, 0.15) is 5.75 Å². The third-order valence-corrected chi connectivity index (χ3v) is 6.85. The number of thioether (sulfide) groups is 1. The van der Waals surface area contributed by atoms with Gasteiger partial charge in [-0.05, 0) is 66.2 Å². The first kappa shape index (κ1) is 25.8. The molecular formula is C24H26BrClN3O3S-. The first-order chi connectivity index (χ1) is 15.6. The molecule has 2 aliphatic rings. The number of nitrogens with zero attached hydrogens (tertiary/aromatic N) is 3. The van der Waals surface area contributed by atoms with Crippen molar-refractivity contribution in [2.45, 2.75) is 6.42 Å². The molecule has 0 atom stereocenters. The molecular weight excluding hydrogens is 526 g/mol. The molecule has 2 fully saturated rings. The highest BCUT2D eigenvalue weighted by molar-refractivity contribution is 9.10. The van der Waals surface area contributed by atoms with Crippen molar-refractivity contribution in [3.8, 4) is 5.75 Å². The summed E-state index contributed by atoms with van der Waals surface area (Å²) in [7, 11) is 1.64. The number of aliphatic imine (C=N–C) groups is 1. The average molecular weight is 552 g/mol. The van der Waals surface area contributed by atoms with Gasteiger partial charge in [-0.2, -0.15) is 0 Å². The molecule has 0 unspecified atom stereocenters. The maximum Gasteiger partial charge on any atom is 0.266 e. The topological polar surface area (TPSA) is 54.4 Å². The van der Waals surface area contributed by atoms with E-state index in [1.165, 1.54) is 11.8 Å². The standard InChI is InChI=1S/C24H26BrN3O3S.ClH/c1-30-21-9-7-20(8-10-21)26-24-28(12-2-11-27-13-15-31-16-14-27)23(29)22(32-24)17-18-3-5-19(25)6-4-18;/h3-10,17H,2,11-16H2,1H3;1H/p-1/b22-17-,26-24?;. The third-order valence-electron chi connectivity index (χ3n) is 5.31. The Hall–Kier alpha value is -1.84. The summed E-state index contributed by atoms with van der Waals surface area (Å²) < 4.78 is 11.7. The average Bonchev–Trinajstić information content (AvgIpc) is 3.10. The fourth-order valence-corrected chi connectivity index (χ4v) is 4.83. The fourth-order valence-electron chi connectivity index (χ4n) is 3.54. The van der Waals surface area contributed by atoms with Gasteiger partial charge in [0.15, 0.2) is 5.17 Å². The highest BCUT2D eigenvalue weighted by Crippen LogP contribution is 2.34. The summed E-state index contributed by atoms with van der Waals surface area (Å²) in [6, 6.07) is 15.5. The van der Waals surface area contributed by atoms with E-state index in [2.05, 4.69) is 20.8 Å². The van der Waals surface area contributed by atoms with E-state index in [4.69, 9.17) is 14.5 Å². The molecule has 2 saturated heterocycles. The van der Waals surface area contributed by atoms with Crippen LogP contribution in [0.3, 0.4) is 0 Å². The van der Waals surface area contributed by atoms with E-state index in [1.54, 1.807) is 12.0 Å². The van der Waals surface area contributed by atoms with Crippen molar-refractivity contribution < 1.29 is 26.7 Å². The monoisotopic (exact) mass is 550 g/mol. The van der Waals surface area contributed by atoms with Crippen LogP contribution in [0.1, 0.15) is 12.0 Å².